The SMILES string of the molecule is COc1ccccc1OCCNC(=O)C[NH+](C)Cc1cccs1. The zero-order valence-corrected chi connectivity index (χ0v) is 14.3. The molecule has 2 N–H and O–H groups in total. The lowest BCUT2D eigenvalue weighted by atomic mass is 10.3. The van der Waals surface area contributed by atoms with Crippen LogP contribution in [0.2, 0.25) is 0 Å². The number of carbonyl (C=O) groups is 1. The number of amides is 1. The van der Waals surface area contributed by atoms with Gasteiger partial charge in [0.05, 0.1) is 25.6 Å². The number of hydrogen-bond acceptors (Lipinski definition) is 4. The molecule has 0 spiro atoms. The van der Waals surface area contributed by atoms with E-state index < -0.39 is 0 Å². The standard InChI is InChI=1S/C17H22N2O3S/c1-19(12-14-6-5-11-23-14)13-17(20)18-9-10-22-16-8-4-3-7-15(16)21-2/h3-8,11H,9-10,12-13H2,1-2H3,(H,18,20)/p+1. The Hall–Kier alpha value is -2.05. The molecule has 23 heavy (non-hydrogen) atoms. The Morgan fingerprint density at radius 3 is 2.70 bits per heavy atom. The lowest BCUT2D eigenvalue weighted by Gasteiger charge is -2.13. The lowest BCUT2D eigenvalue weighted by molar-refractivity contribution is -0.885. The summed E-state index contributed by atoms with van der Waals surface area (Å²) in [6.07, 6.45) is 0. The summed E-state index contributed by atoms with van der Waals surface area (Å²) in [4.78, 5) is 14.4. The zero-order valence-electron chi connectivity index (χ0n) is 13.5. The molecule has 1 aromatic heterocycles. The summed E-state index contributed by atoms with van der Waals surface area (Å²) >= 11 is 1.72. The van der Waals surface area contributed by atoms with Crippen LogP contribution in [0.5, 0.6) is 11.5 Å². The van der Waals surface area contributed by atoms with Gasteiger partial charge in [-0.25, -0.2) is 0 Å². The first-order valence-electron chi connectivity index (χ1n) is 7.55. The van der Waals surface area contributed by atoms with Crippen molar-refractivity contribution in [3.05, 3.63) is 46.7 Å². The number of para-hydroxylation sites is 2. The number of rotatable bonds is 9. The molecule has 1 atom stereocenters. The van der Waals surface area contributed by atoms with Crippen LogP contribution < -0.4 is 19.7 Å². The molecule has 0 fully saturated rings. The van der Waals surface area contributed by atoms with Crippen molar-refractivity contribution in [1.82, 2.24) is 5.32 Å². The van der Waals surface area contributed by atoms with Crippen molar-refractivity contribution in [3.63, 3.8) is 0 Å². The van der Waals surface area contributed by atoms with Gasteiger partial charge in [-0.2, -0.15) is 0 Å². The van der Waals surface area contributed by atoms with Crippen LogP contribution in [0, 0.1) is 0 Å². The van der Waals surface area contributed by atoms with E-state index >= 15 is 0 Å². The van der Waals surface area contributed by atoms with Crippen molar-refractivity contribution in [2.45, 2.75) is 6.54 Å². The van der Waals surface area contributed by atoms with Gasteiger partial charge in [-0.15, -0.1) is 11.3 Å². The van der Waals surface area contributed by atoms with E-state index in [9.17, 15) is 4.79 Å². The maximum atomic E-state index is 11.9. The molecular formula is C17H23N2O3S+. The first-order chi connectivity index (χ1) is 11.2. The number of ether oxygens (including phenoxy) is 2. The predicted molar refractivity (Wildman–Crippen MR) is 91.3 cm³/mol. The Balaban J connectivity index is 1.64. The van der Waals surface area contributed by atoms with E-state index in [1.165, 1.54) is 4.88 Å². The monoisotopic (exact) mass is 335 g/mol. The maximum Gasteiger partial charge on any atom is 0.275 e. The molecule has 6 heteroatoms. The zero-order chi connectivity index (χ0) is 16.5. The molecule has 0 aliphatic carbocycles. The highest BCUT2D eigenvalue weighted by atomic mass is 32.1. The van der Waals surface area contributed by atoms with Gasteiger partial charge in [0, 0.05) is 0 Å². The van der Waals surface area contributed by atoms with Gasteiger partial charge < -0.3 is 19.7 Å². The molecule has 0 saturated heterocycles. The molecular weight excluding hydrogens is 312 g/mol. The van der Waals surface area contributed by atoms with Gasteiger partial charge in [-0.1, -0.05) is 18.2 Å². The van der Waals surface area contributed by atoms with Gasteiger partial charge in [0.25, 0.3) is 5.91 Å². The molecule has 0 saturated carbocycles. The number of carbonyl (C=O) groups excluding carboxylic acids is 1. The number of likely N-dealkylation sites (N-methyl/N-ethyl adjacent to an activating group) is 1. The lowest BCUT2D eigenvalue weighted by Crippen LogP contribution is -3.08. The number of quaternary nitrogens is 1. The van der Waals surface area contributed by atoms with E-state index in [1.54, 1.807) is 18.4 Å². The van der Waals surface area contributed by atoms with E-state index in [-0.39, 0.29) is 5.91 Å². The average Bonchev–Trinajstić information content (AvgIpc) is 3.04. The number of methoxy groups -OCH3 is 1. The van der Waals surface area contributed by atoms with Crippen LogP contribution in [0.3, 0.4) is 0 Å². The Kier molecular flexibility index (Phi) is 6.90. The van der Waals surface area contributed by atoms with E-state index in [4.69, 9.17) is 9.47 Å². The number of nitrogens with one attached hydrogen (secondary N) is 2. The second kappa shape index (κ2) is 9.17. The van der Waals surface area contributed by atoms with Crippen molar-refractivity contribution in [1.29, 1.82) is 0 Å². The van der Waals surface area contributed by atoms with Gasteiger partial charge in [0.1, 0.15) is 13.2 Å². The summed E-state index contributed by atoms with van der Waals surface area (Å²) in [5.74, 6) is 1.41. The second-order valence-corrected chi connectivity index (χ2v) is 6.27. The molecule has 1 heterocycles. The highest BCUT2D eigenvalue weighted by molar-refractivity contribution is 7.09. The summed E-state index contributed by atoms with van der Waals surface area (Å²) in [6.45, 7) is 2.20. The summed E-state index contributed by atoms with van der Waals surface area (Å²) in [5.41, 5.74) is 0. The fourth-order valence-electron chi connectivity index (χ4n) is 2.20. The first-order valence-corrected chi connectivity index (χ1v) is 8.43. The molecule has 0 aliphatic heterocycles. The molecule has 124 valence electrons. The van der Waals surface area contributed by atoms with Crippen molar-refractivity contribution in [3.8, 4) is 11.5 Å². The normalized spacial score (nSPS) is 11.7. The van der Waals surface area contributed by atoms with E-state index in [1.807, 2.05) is 37.4 Å². The molecule has 0 bridgehead atoms. The average molecular weight is 335 g/mol. The molecule has 2 rings (SSSR count). The largest absolute Gasteiger partial charge is 0.493 e. The van der Waals surface area contributed by atoms with E-state index in [0.29, 0.717) is 31.2 Å². The molecule has 0 aliphatic rings. The van der Waals surface area contributed by atoms with Crippen LogP contribution in [0.4, 0.5) is 0 Å². The Labute approximate surface area is 140 Å². The van der Waals surface area contributed by atoms with Crippen LogP contribution in [-0.4, -0.2) is 39.8 Å². The number of thiophene rings is 1. The number of hydrogen-bond donors (Lipinski definition) is 2. The smallest absolute Gasteiger partial charge is 0.275 e. The summed E-state index contributed by atoms with van der Waals surface area (Å²) in [7, 11) is 3.63. The van der Waals surface area contributed by atoms with Crippen molar-refractivity contribution < 1.29 is 19.2 Å². The van der Waals surface area contributed by atoms with Crippen LogP contribution in [-0.2, 0) is 11.3 Å². The van der Waals surface area contributed by atoms with Gasteiger partial charge >= 0.3 is 0 Å². The van der Waals surface area contributed by atoms with Crippen LogP contribution in [0.1, 0.15) is 4.88 Å². The van der Waals surface area contributed by atoms with Crippen LogP contribution >= 0.6 is 11.3 Å². The fourth-order valence-corrected chi connectivity index (χ4v) is 3.02. The third kappa shape index (κ3) is 5.92. The highest BCUT2D eigenvalue weighted by Gasteiger charge is 2.10. The second-order valence-electron chi connectivity index (χ2n) is 5.24. The first kappa shape index (κ1) is 17.3. The third-order valence-corrected chi connectivity index (χ3v) is 4.15. The molecule has 1 amide bonds. The van der Waals surface area contributed by atoms with E-state index in [0.717, 1.165) is 11.4 Å². The molecule has 1 aromatic carbocycles. The summed E-state index contributed by atoms with van der Waals surface area (Å²) in [6, 6.07) is 11.6. The minimum atomic E-state index is 0.0303. The summed E-state index contributed by atoms with van der Waals surface area (Å²) < 4.78 is 10.8. The van der Waals surface area contributed by atoms with Gasteiger partial charge in [-0.05, 0) is 23.6 Å². The highest BCUT2D eigenvalue weighted by Crippen LogP contribution is 2.25. The van der Waals surface area contributed by atoms with Crippen molar-refractivity contribution in [2.75, 3.05) is 33.9 Å². The topological polar surface area (TPSA) is 52.0 Å². The third-order valence-electron chi connectivity index (χ3n) is 3.27. The fraction of sp³-hybridized carbons (Fsp3) is 0.353. The molecule has 0 radical (unpaired) electrons. The Morgan fingerprint density at radius 1 is 1.22 bits per heavy atom. The molecule has 5 nitrogen and oxygen atoms in total. The maximum absolute atomic E-state index is 11.9. The molecule has 1 unspecified atom stereocenters. The summed E-state index contributed by atoms with van der Waals surface area (Å²) in [5, 5.41) is 4.93. The van der Waals surface area contributed by atoms with Crippen molar-refractivity contribution >= 4 is 17.2 Å². The van der Waals surface area contributed by atoms with Crippen LogP contribution in [0.15, 0.2) is 41.8 Å². The predicted octanol–water partition coefficient (Wildman–Crippen LogP) is 0.967. The van der Waals surface area contributed by atoms with E-state index in [2.05, 4.69) is 16.8 Å². The quantitative estimate of drug-likeness (QED) is 0.672. The van der Waals surface area contributed by atoms with Gasteiger partial charge in [0.2, 0.25) is 0 Å². The number of benzene rings is 1. The molecule has 2 aromatic rings. The van der Waals surface area contributed by atoms with Crippen LogP contribution in [0.25, 0.3) is 0 Å². The Morgan fingerprint density at radius 2 is 2.00 bits per heavy atom. The van der Waals surface area contributed by atoms with Crippen molar-refractivity contribution in [2.24, 2.45) is 0 Å². The minimum Gasteiger partial charge on any atom is -0.493 e. The van der Waals surface area contributed by atoms with Gasteiger partial charge in [-0.3, -0.25) is 4.79 Å². The van der Waals surface area contributed by atoms with Gasteiger partial charge in [0.15, 0.2) is 18.0 Å². The minimum absolute atomic E-state index is 0.0303. The Bertz CT molecular complexity index is 602.